The van der Waals surface area contributed by atoms with Gasteiger partial charge in [0.1, 0.15) is 0 Å². The summed E-state index contributed by atoms with van der Waals surface area (Å²) in [5.41, 5.74) is 3.68. The van der Waals surface area contributed by atoms with Gasteiger partial charge in [-0.25, -0.2) is 4.79 Å². The normalized spacial score (nSPS) is 11.8. The highest BCUT2D eigenvalue weighted by Gasteiger charge is 2.12. The first-order valence-corrected chi connectivity index (χ1v) is 7.08. The summed E-state index contributed by atoms with van der Waals surface area (Å²) in [5.74, 6) is -0.321. The van der Waals surface area contributed by atoms with E-state index >= 15 is 0 Å². The van der Waals surface area contributed by atoms with E-state index in [2.05, 4.69) is 29.3 Å². The number of para-hydroxylation sites is 2. The van der Waals surface area contributed by atoms with Crippen molar-refractivity contribution in [3.63, 3.8) is 0 Å². The highest BCUT2D eigenvalue weighted by atomic mass is 16.5. The van der Waals surface area contributed by atoms with Gasteiger partial charge in [-0.05, 0) is 24.6 Å². The third kappa shape index (κ3) is 2.11. The van der Waals surface area contributed by atoms with E-state index in [-0.39, 0.29) is 5.97 Å². The van der Waals surface area contributed by atoms with Crippen LogP contribution in [0.3, 0.4) is 0 Å². The van der Waals surface area contributed by atoms with Gasteiger partial charge in [-0.3, -0.25) is 0 Å². The van der Waals surface area contributed by atoms with Crippen molar-refractivity contribution in [1.82, 2.24) is 4.57 Å². The summed E-state index contributed by atoms with van der Waals surface area (Å²) in [6.07, 6.45) is 3.66. The summed E-state index contributed by atoms with van der Waals surface area (Å²) < 4.78 is 6.83. The van der Waals surface area contributed by atoms with Crippen molar-refractivity contribution >= 4 is 40.1 Å². The highest BCUT2D eigenvalue weighted by Crippen LogP contribution is 2.32. The second-order valence-corrected chi connectivity index (χ2v) is 5.13. The van der Waals surface area contributed by atoms with Crippen molar-refractivity contribution in [3.05, 3.63) is 60.2 Å². The van der Waals surface area contributed by atoms with Crippen LogP contribution in [0.1, 0.15) is 12.5 Å². The number of carbonyl (C=O) groups excluding carboxylic acids is 1. The van der Waals surface area contributed by atoms with E-state index in [0.717, 1.165) is 22.0 Å². The maximum absolute atomic E-state index is 11.7. The quantitative estimate of drug-likeness (QED) is 0.526. The van der Waals surface area contributed by atoms with Crippen molar-refractivity contribution < 1.29 is 9.53 Å². The lowest BCUT2D eigenvalue weighted by atomic mass is 10.1. The molecule has 3 heteroatoms. The van der Waals surface area contributed by atoms with E-state index in [4.69, 9.17) is 4.74 Å². The van der Waals surface area contributed by atoms with Gasteiger partial charge >= 0.3 is 5.97 Å². The van der Waals surface area contributed by atoms with Crippen molar-refractivity contribution in [1.29, 1.82) is 0 Å². The molecule has 0 aliphatic rings. The fourth-order valence-corrected chi connectivity index (χ4v) is 2.84. The number of benzene rings is 2. The van der Waals surface area contributed by atoms with Crippen LogP contribution in [0.5, 0.6) is 0 Å². The molecule has 2 aromatic carbocycles. The third-order valence-corrected chi connectivity index (χ3v) is 3.82. The average Bonchev–Trinajstić information content (AvgIpc) is 2.89. The van der Waals surface area contributed by atoms with Gasteiger partial charge in [0.15, 0.2) is 0 Å². The van der Waals surface area contributed by atoms with E-state index in [1.807, 2.05) is 30.3 Å². The molecule has 1 heterocycles. The van der Waals surface area contributed by atoms with E-state index in [0.29, 0.717) is 5.57 Å². The summed E-state index contributed by atoms with van der Waals surface area (Å²) >= 11 is 0. The van der Waals surface area contributed by atoms with Crippen LogP contribution in [0.4, 0.5) is 0 Å². The Hall–Kier alpha value is -2.81. The summed E-state index contributed by atoms with van der Waals surface area (Å²) in [5, 5.41) is 2.31. The third-order valence-electron chi connectivity index (χ3n) is 3.82. The van der Waals surface area contributed by atoms with Gasteiger partial charge in [-0.2, -0.15) is 0 Å². The summed E-state index contributed by atoms with van der Waals surface area (Å²) in [4.78, 5) is 11.7. The number of esters is 1. The largest absolute Gasteiger partial charge is 0.466 e. The minimum absolute atomic E-state index is 0.321. The summed E-state index contributed by atoms with van der Waals surface area (Å²) in [6, 6.07) is 14.3. The Morgan fingerprint density at radius 2 is 1.86 bits per heavy atom. The zero-order valence-corrected chi connectivity index (χ0v) is 12.7. The minimum Gasteiger partial charge on any atom is -0.466 e. The molecule has 1 aromatic heterocycles. The molecule has 0 unspecified atom stereocenters. The highest BCUT2D eigenvalue weighted by molar-refractivity contribution is 6.12. The molecule has 0 saturated carbocycles. The smallest absolute Gasteiger partial charge is 0.333 e. The maximum atomic E-state index is 11.7. The second-order valence-electron chi connectivity index (χ2n) is 5.13. The monoisotopic (exact) mass is 291 g/mol. The molecule has 0 fully saturated rings. The molecule has 3 nitrogen and oxygen atoms in total. The molecule has 0 bridgehead atoms. The number of hydrogen-bond donors (Lipinski definition) is 0. The number of rotatable bonds is 3. The maximum Gasteiger partial charge on any atom is 0.333 e. The number of aromatic nitrogens is 1. The van der Waals surface area contributed by atoms with Crippen LogP contribution in [0.25, 0.3) is 34.1 Å². The molecule has 0 aliphatic carbocycles. The molecular formula is C19H17NO2. The van der Waals surface area contributed by atoms with Gasteiger partial charge in [0.2, 0.25) is 0 Å². The van der Waals surface area contributed by atoms with E-state index in [1.54, 1.807) is 13.1 Å². The molecule has 0 amide bonds. The van der Waals surface area contributed by atoms with Gasteiger partial charge in [0.05, 0.1) is 18.1 Å². The lowest BCUT2D eigenvalue weighted by Crippen LogP contribution is -2.01. The molecule has 0 atom stereocenters. The fraction of sp³-hybridized carbons (Fsp3) is 0.105. The number of fused-ring (bicyclic) bond motifs is 3. The molecular weight excluding hydrogens is 274 g/mol. The van der Waals surface area contributed by atoms with Gasteiger partial charge in [-0.15, -0.1) is 0 Å². The van der Waals surface area contributed by atoms with Gasteiger partial charge < -0.3 is 9.30 Å². The molecule has 0 aliphatic heterocycles. The van der Waals surface area contributed by atoms with Gasteiger partial charge in [0, 0.05) is 22.5 Å². The standard InChI is InChI=1S/C19H17NO2/c1-4-20-17-11-6-5-9-15(17)16-10-7-8-14(18(16)20)12-13(2)19(21)22-3/h4-12H,1H2,2-3H3/b13-12+. The van der Waals surface area contributed by atoms with Gasteiger partial charge in [-0.1, -0.05) is 43.0 Å². The van der Waals surface area contributed by atoms with Crippen LogP contribution in [-0.4, -0.2) is 17.6 Å². The molecule has 110 valence electrons. The lowest BCUT2D eigenvalue weighted by molar-refractivity contribution is -0.135. The predicted octanol–water partition coefficient (Wildman–Crippen LogP) is 4.47. The first-order valence-electron chi connectivity index (χ1n) is 7.08. The van der Waals surface area contributed by atoms with Crippen LogP contribution < -0.4 is 0 Å². The van der Waals surface area contributed by atoms with Crippen LogP contribution in [-0.2, 0) is 9.53 Å². The first kappa shape index (κ1) is 14.1. The van der Waals surface area contributed by atoms with Crippen LogP contribution in [0.15, 0.2) is 54.6 Å². The molecule has 22 heavy (non-hydrogen) atoms. The Morgan fingerprint density at radius 3 is 2.59 bits per heavy atom. The second kappa shape index (κ2) is 5.53. The van der Waals surface area contributed by atoms with Crippen molar-refractivity contribution in [2.24, 2.45) is 0 Å². The fourth-order valence-electron chi connectivity index (χ4n) is 2.84. The van der Waals surface area contributed by atoms with E-state index in [1.165, 1.54) is 12.5 Å². The van der Waals surface area contributed by atoms with Crippen molar-refractivity contribution in [2.45, 2.75) is 6.92 Å². The first-order chi connectivity index (χ1) is 10.7. The Morgan fingerprint density at radius 1 is 1.14 bits per heavy atom. The van der Waals surface area contributed by atoms with Crippen molar-refractivity contribution in [3.8, 4) is 0 Å². The SMILES string of the molecule is C=Cn1c2ccccc2c2cccc(/C=C(\C)C(=O)OC)c21. The number of methoxy groups -OCH3 is 1. The number of carbonyl (C=O) groups is 1. The summed E-state index contributed by atoms with van der Waals surface area (Å²) in [6.45, 7) is 5.68. The molecule has 0 N–H and O–H groups in total. The van der Waals surface area contributed by atoms with Crippen LogP contribution in [0, 0.1) is 0 Å². The predicted molar refractivity (Wildman–Crippen MR) is 91.5 cm³/mol. The van der Waals surface area contributed by atoms with Gasteiger partial charge in [0.25, 0.3) is 0 Å². The number of nitrogens with zero attached hydrogens (tertiary/aromatic N) is 1. The molecule has 3 rings (SSSR count). The van der Waals surface area contributed by atoms with Crippen molar-refractivity contribution in [2.75, 3.05) is 7.11 Å². The number of hydrogen-bond acceptors (Lipinski definition) is 2. The van der Waals surface area contributed by atoms with E-state index < -0.39 is 0 Å². The average molecular weight is 291 g/mol. The molecule has 3 aromatic rings. The Labute approximate surface area is 129 Å². The Bertz CT molecular complexity index is 916. The molecule has 0 saturated heterocycles. The zero-order valence-electron chi connectivity index (χ0n) is 12.7. The lowest BCUT2D eigenvalue weighted by Gasteiger charge is -2.05. The van der Waals surface area contributed by atoms with E-state index in [9.17, 15) is 4.79 Å². The number of ether oxygens (including phenoxy) is 1. The molecule has 0 radical (unpaired) electrons. The zero-order chi connectivity index (χ0) is 15.7. The van der Waals surface area contributed by atoms with Crippen LogP contribution >= 0.6 is 0 Å². The minimum atomic E-state index is -0.321. The topological polar surface area (TPSA) is 31.2 Å². The van der Waals surface area contributed by atoms with Crippen LogP contribution in [0.2, 0.25) is 0 Å². The Balaban J connectivity index is 2.38. The summed E-state index contributed by atoms with van der Waals surface area (Å²) in [7, 11) is 1.39. The molecule has 0 spiro atoms. The Kier molecular flexibility index (Phi) is 3.55.